The summed E-state index contributed by atoms with van der Waals surface area (Å²) in [5, 5.41) is 0. The van der Waals surface area contributed by atoms with Crippen molar-refractivity contribution in [2.75, 3.05) is 0 Å². The summed E-state index contributed by atoms with van der Waals surface area (Å²) in [5.41, 5.74) is 7.00. The number of halogens is 2. The fourth-order valence-corrected chi connectivity index (χ4v) is 2.55. The van der Waals surface area contributed by atoms with E-state index in [1.807, 2.05) is 43.3 Å². The molecule has 0 fully saturated rings. The van der Waals surface area contributed by atoms with Crippen LogP contribution in [0.2, 0.25) is 0 Å². The Morgan fingerprint density at radius 2 is 1.89 bits per heavy atom. The maximum absolute atomic E-state index is 5.94. The zero-order valence-electron chi connectivity index (χ0n) is 10.6. The molecule has 0 aromatic heterocycles. The molecule has 0 heterocycles. The van der Waals surface area contributed by atoms with Gasteiger partial charge >= 0.3 is 0 Å². The Kier molecular flexibility index (Phi) is 5.24. The second-order valence-corrected chi connectivity index (χ2v) is 6.65. The highest BCUT2D eigenvalue weighted by Gasteiger charge is 2.08. The van der Waals surface area contributed by atoms with Crippen molar-refractivity contribution in [1.82, 2.24) is 0 Å². The van der Waals surface area contributed by atoms with Crippen LogP contribution < -0.4 is 10.5 Å². The Bertz CT molecular complexity index is 555. The van der Waals surface area contributed by atoms with Gasteiger partial charge in [-0.15, -0.1) is 0 Å². The lowest BCUT2D eigenvalue weighted by molar-refractivity contribution is 0.473. The zero-order chi connectivity index (χ0) is 13.8. The molecule has 0 aliphatic rings. The number of nitrogens with two attached hydrogens (primary N) is 1. The van der Waals surface area contributed by atoms with Gasteiger partial charge in [-0.25, -0.2) is 0 Å². The third-order valence-electron chi connectivity index (χ3n) is 2.61. The highest BCUT2D eigenvalue weighted by atomic mass is 127. The quantitative estimate of drug-likeness (QED) is 0.710. The Morgan fingerprint density at radius 3 is 2.53 bits per heavy atom. The Hall–Kier alpha value is -0.590. The van der Waals surface area contributed by atoms with E-state index in [2.05, 4.69) is 44.6 Å². The van der Waals surface area contributed by atoms with Gasteiger partial charge in [0.2, 0.25) is 0 Å². The molecule has 0 saturated carbocycles. The van der Waals surface area contributed by atoms with Crippen LogP contribution in [0.3, 0.4) is 0 Å². The van der Waals surface area contributed by atoms with Crippen LogP contribution in [0, 0.1) is 3.57 Å². The average Bonchev–Trinajstić information content (AvgIpc) is 2.34. The fourth-order valence-electron chi connectivity index (χ4n) is 1.78. The molecule has 2 aromatic rings. The number of ether oxygens (including phenoxy) is 1. The Labute approximate surface area is 135 Å². The van der Waals surface area contributed by atoms with Crippen molar-refractivity contribution in [2.24, 2.45) is 5.73 Å². The van der Waals surface area contributed by atoms with Crippen molar-refractivity contribution in [3.8, 4) is 11.5 Å². The lowest BCUT2D eigenvalue weighted by atomic mass is 10.1. The zero-order valence-corrected chi connectivity index (χ0v) is 14.3. The highest BCUT2D eigenvalue weighted by Crippen LogP contribution is 2.29. The van der Waals surface area contributed by atoms with E-state index < -0.39 is 0 Å². The predicted molar refractivity (Wildman–Crippen MR) is 90.7 cm³/mol. The molecule has 0 spiro atoms. The van der Waals surface area contributed by atoms with E-state index in [-0.39, 0.29) is 6.04 Å². The molecule has 0 bridgehead atoms. The van der Waals surface area contributed by atoms with Crippen molar-refractivity contribution < 1.29 is 4.74 Å². The Balaban J connectivity index is 2.26. The predicted octanol–water partition coefficient (Wildman–Crippen LogP) is 4.74. The topological polar surface area (TPSA) is 35.2 Å². The van der Waals surface area contributed by atoms with Crippen molar-refractivity contribution >= 4 is 38.5 Å². The van der Waals surface area contributed by atoms with E-state index in [4.69, 9.17) is 10.5 Å². The first-order valence-corrected chi connectivity index (χ1v) is 7.89. The Morgan fingerprint density at radius 1 is 1.21 bits per heavy atom. The summed E-state index contributed by atoms with van der Waals surface area (Å²) in [6, 6.07) is 14.1. The third-order valence-corrected chi connectivity index (χ3v) is 3.82. The van der Waals surface area contributed by atoms with Crippen LogP contribution in [0.5, 0.6) is 11.5 Å². The smallest absolute Gasteiger partial charge is 0.130 e. The van der Waals surface area contributed by atoms with Crippen LogP contribution in [-0.2, 0) is 6.42 Å². The van der Waals surface area contributed by atoms with Crippen LogP contribution >= 0.6 is 38.5 Å². The summed E-state index contributed by atoms with van der Waals surface area (Å²) in [7, 11) is 0. The SMILES string of the molecule is CC(N)Cc1cc(Br)ccc1Oc1ccc(I)cc1. The molecule has 1 unspecified atom stereocenters. The van der Waals surface area contributed by atoms with Gasteiger partial charge in [0.25, 0.3) is 0 Å². The van der Waals surface area contributed by atoms with E-state index >= 15 is 0 Å². The van der Waals surface area contributed by atoms with Gasteiger partial charge in [0.1, 0.15) is 11.5 Å². The summed E-state index contributed by atoms with van der Waals surface area (Å²) in [6.07, 6.45) is 0.791. The van der Waals surface area contributed by atoms with Gasteiger partial charge in [0.05, 0.1) is 0 Å². The average molecular weight is 432 g/mol. The lowest BCUT2D eigenvalue weighted by Crippen LogP contribution is -2.18. The number of rotatable bonds is 4. The molecule has 2 N–H and O–H groups in total. The van der Waals surface area contributed by atoms with Gasteiger partial charge in [-0.3, -0.25) is 0 Å². The van der Waals surface area contributed by atoms with Gasteiger partial charge in [-0.05, 0) is 84.0 Å². The van der Waals surface area contributed by atoms with Crippen molar-refractivity contribution in [3.05, 3.63) is 56.1 Å². The molecule has 0 aliphatic heterocycles. The molecular weight excluding hydrogens is 417 g/mol. The summed E-state index contributed by atoms with van der Waals surface area (Å²) in [5.74, 6) is 1.70. The fraction of sp³-hybridized carbons (Fsp3) is 0.200. The van der Waals surface area contributed by atoms with Gasteiger partial charge in [0.15, 0.2) is 0 Å². The lowest BCUT2D eigenvalue weighted by Gasteiger charge is -2.13. The van der Waals surface area contributed by atoms with Crippen molar-refractivity contribution in [1.29, 1.82) is 0 Å². The molecule has 2 aromatic carbocycles. The molecule has 2 rings (SSSR count). The minimum Gasteiger partial charge on any atom is -0.457 e. The highest BCUT2D eigenvalue weighted by molar-refractivity contribution is 14.1. The first-order chi connectivity index (χ1) is 9.04. The molecule has 2 nitrogen and oxygen atoms in total. The number of benzene rings is 2. The van der Waals surface area contributed by atoms with Gasteiger partial charge < -0.3 is 10.5 Å². The van der Waals surface area contributed by atoms with Crippen LogP contribution in [0.4, 0.5) is 0 Å². The van der Waals surface area contributed by atoms with Gasteiger partial charge in [-0.2, -0.15) is 0 Å². The summed E-state index contributed by atoms with van der Waals surface area (Å²) >= 11 is 5.76. The van der Waals surface area contributed by atoms with Gasteiger partial charge in [0, 0.05) is 14.1 Å². The number of hydrogen-bond donors (Lipinski definition) is 1. The van der Waals surface area contributed by atoms with Crippen LogP contribution in [0.25, 0.3) is 0 Å². The monoisotopic (exact) mass is 431 g/mol. The minimum absolute atomic E-state index is 0.105. The second kappa shape index (κ2) is 6.72. The molecule has 0 radical (unpaired) electrons. The van der Waals surface area contributed by atoms with Crippen LogP contribution in [-0.4, -0.2) is 6.04 Å². The maximum atomic E-state index is 5.94. The first kappa shape index (κ1) is 14.8. The van der Waals surface area contributed by atoms with Crippen molar-refractivity contribution in [3.63, 3.8) is 0 Å². The molecule has 1 atom stereocenters. The molecule has 0 amide bonds. The maximum Gasteiger partial charge on any atom is 0.130 e. The molecule has 19 heavy (non-hydrogen) atoms. The molecular formula is C15H15BrINO. The second-order valence-electron chi connectivity index (χ2n) is 4.49. The van der Waals surface area contributed by atoms with Gasteiger partial charge in [-0.1, -0.05) is 15.9 Å². The van der Waals surface area contributed by atoms with Crippen LogP contribution in [0.15, 0.2) is 46.9 Å². The molecule has 0 saturated heterocycles. The first-order valence-electron chi connectivity index (χ1n) is 6.02. The normalized spacial score (nSPS) is 12.2. The third kappa shape index (κ3) is 4.47. The molecule has 4 heteroatoms. The standard InChI is InChI=1S/C15H15BrINO/c1-10(18)8-11-9-12(16)2-7-15(11)19-14-5-3-13(17)4-6-14/h2-7,9-10H,8,18H2,1H3. The number of hydrogen-bond acceptors (Lipinski definition) is 2. The molecule has 100 valence electrons. The minimum atomic E-state index is 0.105. The van der Waals surface area contributed by atoms with E-state index in [1.54, 1.807) is 0 Å². The summed E-state index contributed by atoms with van der Waals surface area (Å²) in [4.78, 5) is 0. The molecule has 0 aliphatic carbocycles. The van der Waals surface area contributed by atoms with E-state index in [9.17, 15) is 0 Å². The summed E-state index contributed by atoms with van der Waals surface area (Å²) < 4.78 is 8.17. The van der Waals surface area contributed by atoms with E-state index in [0.717, 1.165) is 28.0 Å². The van der Waals surface area contributed by atoms with Crippen molar-refractivity contribution in [2.45, 2.75) is 19.4 Å². The largest absolute Gasteiger partial charge is 0.457 e. The van der Waals surface area contributed by atoms with E-state index in [1.165, 1.54) is 3.57 Å². The van der Waals surface area contributed by atoms with E-state index in [0.29, 0.717) is 0 Å². The summed E-state index contributed by atoms with van der Waals surface area (Å²) in [6.45, 7) is 2.00. The van der Waals surface area contributed by atoms with Crippen LogP contribution in [0.1, 0.15) is 12.5 Å².